The highest BCUT2D eigenvalue weighted by Gasteiger charge is 2.03. The molecule has 0 aliphatic heterocycles. The van der Waals surface area contributed by atoms with Gasteiger partial charge in [0.15, 0.2) is 0 Å². The van der Waals surface area contributed by atoms with Gasteiger partial charge in [-0.3, -0.25) is 4.79 Å². The predicted octanol–water partition coefficient (Wildman–Crippen LogP) is 4.52. The molecule has 0 spiro atoms. The summed E-state index contributed by atoms with van der Waals surface area (Å²) in [7, 11) is 0. The van der Waals surface area contributed by atoms with Crippen LogP contribution < -0.4 is 0 Å². The molecule has 0 aliphatic carbocycles. The standard InChI is InChI=1S/C16H32O3/c1-2-3-9-12-15(17)13-10-7-5-4-6-8-11-14-16(18)19/h15,17H,2-14H2,1H3,(H,18,19)/t15-/m1/s1. The molecule has 0 radical (unpaired) electrons. The van der Waals surface area contributed by atoms with Gasteiger partial charge in [-0.1, -0.05) is 64.7 Å². The van der Waals surface area contributed by atoms with Gasteiger partial charge in [-0.2, -0.15) is 0 Å². The molecule has 2 N–H and O–H groups in total. The van der Waals surface area contributed by atoms with E-state index in [1.807, 2.05) is 0 Å². The lowest BCUT2D eigenvalue weighted by molar-refractivity contribution is -0.137. The summed E-state index contributed by atoms with van der Waals surface area (Å²) in [5.41, 5.74) is 0. The Morgan fingerprint density at radius 3 is 1.84 bits per heavy atom. The van der Waals surface area contributed by atoms with Gasteiger partial charge in [0.2, 0.25) is 0 Å². The number of rotatable bonds is 14. The van der Waals surface area contributed by atoms with E-state index in [9.17, 15) is 9.90 Å². The molecule has 0 aromatic heterocycles. The average molecular weight is 272 g/mol. The van der Waals surface area contributed by atoms with Gasteiger partial charge in [0.1, 0.15) is 0 Å². The van der Waals surface area contributed by atoms with E-state index in [0.717, 1.165) is 44.9 Å². The topological polar surface area (TPSA) is 57.5 Å². The summed E-state index contributed by atoms with van der Waals surface area (Å²) >= 11 is 0. The van der Waals surface area contributed by atoms with Crippen LogP contribution in [0, 0.1) is 0 Å². The van der Waals surface area contributed by atoms with Crippen molar-refractivity contribution in [2.24, 2.45) is 0 Å². The molecule has 0 amide bonds. The van der Waals surface area contributed by atoms with Crippen LogP contribution in [0.4, 0.5) is 0 Å². The Bertz CT molecular complexity index is 204. The minimum atomic E-state index is -0.683. The Morgan fingerprint density at radius 2 is 1.32 bits per heavy atom. The second kappa shape index (κ2) is 13.9. The largest absolute Gasteiger partial charge is 0.481 e. The van der Waals surface area contributed by atoms with Crippen LogP contribution in [0.1, 0.15) is 90.4 Å². The lowest BCUT2D eigenvalue weighted by Crippen LogP contribution is -2.05. The first-order valence-corrected chi connectivity index (χ1v) is 8.06. The summed E-state index contributed by atoms with van der Waals surface area (Å²) in [5, 5.41) is 18.2. The smallest absolute Gasteiger partial charge is 0.303 e. The molecule has 0 aliphatic rings. The van der Waals surface area contributed by atoms with Crippen molar-refractivity contribution >= 4 is 5.97 Å². The van der Waals surface area contributed by atoms with Gasteiger partial charge in [-0.05, 0) is 19.3 Å². The number of aliphatic hydroxyl groups excluding tert-OH is 1. The highest BCUT2D eigenvalue weighted by molar-refractivity contribution is 5.66. The molecule has 0 heterocycles. The summed E-state index contributed by atoms with van der Waals surface area (Å²) < 4.78 is 0. The molecule has 0 saturated heterocycles. The molecule has 114 valence electrons. The Hall–Kier alpha value is -0.570. The van der Waals surface area contributed by atoms with E-state index < -0.39 is 5.97 Å². The molecule has 1 atom stereocenters. The van der Waals surface area contributed by atoms with Crippen molar-refractivity contribution in [3.05, 3.63) is 0 Å². The fourth-order valence-electron chi connectivity index (χ4n) is 2.31. The normalized spacial score (nSPS) is 12.5. The number of hydrogen-bond acceptors (Lipinski definition) is 2. The van der Waals surface area contributed by atoms with Gasteiger partial charge in [0.25, 0.3) is 0 Å². The SMILES string of the molecule is CCCCC[C@@H](O)CCCCCCCCCC(=O)O. The van der Waals surface area contributed by atoms with Crippen molar-refractivity contribution in [2.75, 3.05) is 0 Å². The number of aliphatic carboxylic acids is 1. The van der Waals surface area contributed by atoms with E-state index in [1.165, 1.54) is 32.1 Å². The third kappa shape index (κ3) is 15.4. The van der Waals surface area contributed by atoms with Crippen LogP contribution in [-0.4, -0.2) is 22.3 Å². The van der Waals surface area contributed by atoms with Crippen LogP contribution in [0.25, 0.3) is 0 Å². The quantitative estimate of drug-likeness (QED) is 0.457. The molecular formula is C16H32O3. The third-order valence-electron chi connectivity index (χ3n) is 3.57. The maximum Gasteiger partial charge on any atom is 0.303 e. The highest BCUT2D eigenvalue weighted by Crippen LogP contribution is 2.13. The summed E-state index contributed by atoms with van der Waals surface area (Å²) in [5.74, 6) is -0.683. The third-order valence-corrected chi connectivity index (χ3v) is 3.57. The first-order chi connectivity index (χ1) is 9.16. The van der Waals surface area contributed by atoms with Crippen molar-refractivity contribution in [3.63, 3.8) is 0 Å². The first kappa shape index (κ1) is 18.4. The van der Waals surface area contributed by atoms with Gasteiger partial charge < -0.3 is 10.2 Å². The number of unbranched alkanes of at least 4 members (excludes halogenated alkanes) is 8. The maximum atomic E-state index is 10.3. The number of carboxylic acids is 1. The molecule has 0 aromatic carbocycles. The van der Waals surface area contributed by atoms with Gasteiger partial charge in [0.05, 0.1) is 6.10 Å². The fraction of sp³-hybridized carbons (Fsp3) is 0.938. The molecule has 3 nitrogen and oxygen atoms in total. The minimum absolute atomic E-state index is 0.0953. The summed E-state index contributed by atoms with van der Waals surface area (Å²) in [6.07, 6.45) is 13.5. The van der Waals surface area contributed by atoms with Crippen LogP contribution in [0.15, 0.2) is 0 Å². The lowest BCUT2D eigenvalue weighted by Gasteiger charge is -2.09. The highest BCUT2D eigenvalue weighted by atomic mass is 16.4. The van der Waals surface area contributed by atoms with E-state index in [1.54, 1.807) is 0 Å². The molecule has 0 fully saturated rings. The van der Waals surface area contributed by atoms with Crippen LogP contribution in [0.5, 0.6) is 0 Å². The summed E-state index contributed by atoms with van der Waals surface area (Å²) in [6, 6.07) is 0. The van der Waals surface area contributed by atoms with Crippen LogP contribution >= 0.6 is 0 Å². The average Bonchev–Trinajstić information content (AvgIpc) is 2.36. The van der Waals surface area contributed by atoms with Crippen LogP contribution in [0.2, 0.25) is 0 Å². The van der Waals surface area contributed by atoms with Crippen molar-refractivity contribution in [1.29, 1.82) is 0 Å². The zero-order valence-electron chi connectivity index (χ0n) is 12.6. The molecule has 0 bridgehead atoms. The number of carbonyl (C=O) groups is 1. The van der Waals surface area contributed by atoms with Crippen molar-refractivity contribution in [3.8, 4) is 0 Å². The Labute approximate surface area is 118 Å². The Kier molecular flexibility index (Phi) is 13.4. The van der Waals surface area contributed by atoms with Gasteiger partial charge >= 0.3 is 5.97 Å². The number of carboxylic acid groups (broad SMARTS) is 1. The molecule has 0 saturated carbocycles. The predicted molar refractivity (Wildman–Crippen MR) is 79.3 cm³/mol. The van der Waals surface area contributed by atoms with Crippen LogP contribution in [0.3, 0.4) is 0 Å². The molecule has 0 aromatic rings. The maximum absolute atomic E-state index is 10.3. The van der Waals surface area contributed by atoms with E-state index >= 15 is 0 Å². The minimum Gasteiger partial charge on any atom is -0.481 e. The first-order valence-electron chi connectivity index (χ1n) is 8.06. The summed E-state index contributed by atoms with van der Waals surface area (Å²) in [6.45, 7) is 2.18. The van der Waals surface area contributed by atoms with Gasteiger partial charge in [-0.25, -0.2) is 0 Å². The van der Waals surface area contributed by atoms with Crippen molar-refractivity contribution in [1.82, 2.24) is 0 Å². The van der Waals surface area contributed by atoms with Crippen LogP contribution in [-0.2, 0) is 4.79 Å². The zero-order chi connectivity index (χ0) is 14.3. The van der Waals surface area contributed by atoms with Crippen molar-refractivity contribution in [2.45, 2.75) is 96.5 Å². The van der Waals surface area contributed by atoms with Gasteiger partial charge in [0, 0.05) is 6.42 Å². The molecule has 0 rings (SSSR count). The molecule has 0 unspecified atom stereocenters. The Morgan fingerprint density at radius 1 is 0.842 bits per heavy atom. The van der Waals surface area contributed by atoms with E-state index in [0.29, 0.717) is 6.42 Å². The second-order valence-electron chi connectivity index (χ2n) is 5.56. The fourth-order valence-corrected chi connectivity index (χ4v) is 2.31. The second-order valence-corrected chi connectivity index (χ2v) is 5.56. The zero-order valence-corrected chi connectivity index (χ0v) is 12.6. The monoisotopic (exact) mass is 272 g/mol. The van der Waals surface area contributed by atoms with E-state index in [2.05, 4.69) is 6.92 Å². The Balaban J connectivity index is 3.11. The molecular weight excluding hydrogens is 240 g/mol. The molecule has 19 heavy (non-hydrogen) atoms. The van der Waals surface area contributed by atoms with E-state index in [4.69, 9.17) is 5.11 Å². The van der Waals surface area contributed by atoms with E-state index in [-0.39, 0.29) is 6.10 Å². The van der Waals surface area contributed by atoms with Crippen molar-refractivity contribution < 1.29 is 15.0 Å². The summed E-state index contributed by atoms with van der Waals surface area (Å²) in [4.78, 5) is 10.3. The number of aliphatic hydroxyl groups is 1. The molecule has 3 heteroatoms. The van der Waals surface area contributed by atoms with Gasteiger partial charge in [-0.15, -0.1) is 0 Å². The lowest BCUT2D eigenvalue weighted by atomic mass is 10.0. The number of hydrogen-bond donors (Lipinski definition) is 2.